The van der Waals surface area contributed by atoms with Gasteiger partial charge in [0.2, 0.25) is 5.91 Å². The molecule has 0 spiro atoms. The van der Waals surface area contributed by atoms with Crippen LogP contribution < -0.4 is 10.5 Å². The molecular weight excluding hydrogens is 280 g/mol. The molecule has 0 aliphatic heterocycles. The van der Waals surface area contributed by atoms with Crippen LogP contribution in [0.4, 0.5) is 0 Å². The molecule has 6 heteroatoms. The van der Waals surface area contributed by atoms with E-state index in [-0.39, 0.29) is 12.3 Å². The number of hydrogen-bond acceptors (Lipinski definition) is 4. The van der Waals surface area contributed by atoms with E-state index in [1.807, 2.05) is 45.4 Å². The highest BCUT2D eigenvalue weighted by Crippen LogP contribution is 2.30. The number of carbonyl (C=O) groups excluding carboxylic acids is 1. The molecule has 22 heavy (non-hydrogen) atoms. The predicted octanol–water partition coefficient (Wildman–Crippen LogP) is 1.06. The third-order valence-electron chi connectivity index (χ3n) is 3.32. The van der Waals surface area contributed by atoms with Crippen molar-refractivity contribution in [1.29, 1.82) is 0 Å². The number of rotatable bonds is 7. The molecule has 0 bridgehead atoms. The van der Waals surface area contributed by atoms with E-state index in [2.05, 4.69) is 10.00 Å². The fraction of sp³-hybridized carbons (Fsp3) is 0.375. The lowest BCUT2D eigenvalue weighted by Gasteiger charge is -2.15. The van der Waals surface area contributed by atoms with Crippen molar-refractivity contribution >= 4 is 5.91 Å². The molecule has 0 radical (unpaired) electrons. The molecule has 1 aromatic heterocycles. The largest absolute Gasteiger partial charge is 0.492 e. The van der Waals surface area contributed by atoms with Crippen LogP contribution in [0.25, 0.3) is 11.3 Å². The molecule has 118 valence electrons. The fourth-order valence-corrected chi connectivity index (χ4v) is 2.19. The van der Waals surface area contributed by atoms with Crippen LogP contribution in [-0.4, -0.2) is 47.8 Å². The summed E-state index contributed by atoms with van der Waals surface area (Å²) < 4.78 is 7.67. The first kappa shape index (κ1) is 16.0. The van der Waals surface area contributed by atoms with Crippen molar-refractivity contribution in [1.82, 2.24) is 14.7 Å². The number of primary amides is 1. The molecule has 1 amide bonds. The van der Waals surface area contributed by atoms with Crippen LogP contribution in [0.5, 0.6) is 5.75 Å². The quantitative estimate of drug-likeness (QED) is 0.830. The minimum Gasteiger partial charge on any atom is -0.492 e. The van der Waals surface area contributed by atoms with E-state index in [9.17, 15) is 4.79 Å². The summed E-state index contributed by atoms with van der Waals surface area (Å²) in [6, 6.07) is 7.61. The molecule has 1 aromatic carbocycles. The second-order valence-corrected chi connectivity index (χ2v) is 5.47. The number of amides is 1. The van der Waals surface area contributed by atoms with Crippen LogP contribution in [0, 0.1) is 0 Å². The van der Waals surface area contributed by atoms with Gasteiger partial charge < -0.3 is 15.4 Å². The van der Waals surface area contributed by atoms with Crippen LogP contribution in [0.15, 0.2) is 30.5 Å². The van der Waals surface area contributed by atoms with Crippen LogP contribution >= 0.6 is 0 Å². The van der Waals surface area contributed by atoms with Crippen LogP contribution in [0.2, 0.25) is 0 Å². The predicted molar refractivity (Wildman–Crippen MR) is 85.6 cm³/mol. The van der Waals surface area contributed by atoms with Crippen molar-refractivity contribution in [2.45, 2.75) is 6.42 Å². The molecule has 0 saturated heterocycles. The highest BCUT2D eigenvalue weighted by Gasteiger charge is 2.12. The maximum absolute atomic E-state index is 11.1. The summed E-state index contributed by atoms with van der Waals surface area (Å²) in [6.07, 6.45) is 1.95. The summed E-state index contributed by atoms with van der Waals surface area (Å²) in [7, 11) is 5.88. The van der Waals surface area contributed by atoms with E-state index in [4.69, 9.17) is 10.5 Å². The molecule has 6 nitrogen and oxygen atoms in total. The lowest BCUT2D eigenvalue weighted by Crippen LogP contribution is -2.19. The van der Waals surface area contributed by atoms with E-state index in [0.29, 0.717) is 6.61 Å². The Morgan fingerprint density at radius 2 is 2.14 bits per heavy atom. The van der Waals surface area contributed by atoms with Gasteiger partial charge in [-0.15, -0.1) is 0 Å². The Labute approximate surface area is 130 Å². The minimum atomic E-state index is -0.350. The van der Waals surface area contributed by atoms with Gasteiger partial charge in [-0.25, -0.2) is 0 Å². The van der Waals surface area contributed by atoms with E-state index in [0.717, 1.165) is 29.1 Å². The monoisotopic (exact) mass is 302 g/mol. The van der Waals surface area contributed by atoms with Crippen molar-refractivity contribution in [2.24, 2.45) is 12.8 Å². The van der Waals surface area contributed by atoms with Crippen molar-refractivity contribution in [3.63, 3.8) is 0 Å². The van der Waals surface area contributed by atoms with E-state index >= 15 is 0 Å². The van der Waals surface area contributed by atoms with Crippen molar-refractivity contribution in [3.05, 3.63) is 36.0 Å². The zero-order valence-corrected chi connectivity index (χ0v) is 13.2. The number of nitrogens with two attached hydrogens (primary N) is 1. The Kier molecular flexibility index (Phi) is 5.16. The number of nitrogens with zero attached hydrogens (tertiary/aromatic N) is 3. The number of aryl methyl sites for hydroxylation is 1. The number of hydrogen-bond donors (Lipinski definition) is 1. The molecule has 0 unspecified atom stereocenters. The van der Waals surface area contributed by atoms with Crippen molar-refractivity contribution in [3.8, 4) is 17.0 Å². The standard InChI is InChI=1S/C16H22N4O2/c1-19(2)8-9-22-15-5-4-12(11-16(17)21)10-13(15)14-6-7-18-20(14)3/h4-7,10H,8-9,11H2,1-3H3,(H2,17,21). The van der Waals surface area contributed by atoms with Gasteiger partial charge in [-0.3, -0.25) is 9.48 Å². The van der Waals surface area contributed by atoms with Crippen LogP contribution in [-0.2, 0) is 18.3 Å². The normalized spacial score (nSPS) is 10.9. The first-order valence-corrected chi connectivity index (χ1v) is 7.14. The van der Waals surface area contributed by atoms with Gasteiger partial charge in [-0.05, 0) is 37.9 Å². The first-order valence-electron chi connectivity index (χ1n) is 7.14. The van der Waals surface area contributed by atoms with Crippen LogP contribution in [0.3, 0.4) is 0 Å². The highest BCUT2D eigenvalue weighted by atomic mass is 16.5. The van der Waals surface area contributed by atoms with Gasteiger partial charge in [-0.1, -0.05) is 6.07 Å². The molecular formula is C16H22N4O2. The van der Waals surface area contributed by atoms with Gasteiger partial charge in [0, 0.05) is 25.4 Å². The Balaban J connectivity index is 2.31. The third kappa shape index (κ3) is 4.08. The van der Waals surface area contributed by atoms with E-state index in [1.54, 1.807) is 10.9 Å². The second kappa shape index (κ2) is 7.09. The van der Waals surface area contributed by atoms with Gasteiger partial charge in [0.05, 0.1) is 12.1 Å². The average Bonchev–Trinajstić information content (AvgIpc) is 2.85. The molecule has 0 aliphatic carbocycles. The fourth-order valence-electron chi connectivity index (χ4n) is 2.19. The van der Waals surface area contributed by atoms with E-state index < -0.39 is 0 Å². The number of aromatic nitrogens is 2. The number of likely N-dealkylation sites (N-methyl/N-ethyl adjacent to an activating group) is 1. The van der Waals surface area contributed by atoms with Gasteiger partial charge >= 0.3 is 0 Å². The third-order valence-corrected chi connectivity index (χ3v) is 3.32. The molecule has 2 N–H and O–H groups in total. The van der Waals surface area contributed by atoms with Gasteiger partial charge in [0.25, 0.3) is 0 Å². The Hall–Kier alpha value is -2.34. The molecule has 0 fully saturated rings. The van der Waals surface area contributed by atoms with Gasteiger partial charge in [0.1, 0.15) is 12.4 Å². The highest BCUT2D eigenvalue weighted by molar-refractivity contribution is 5.78. The van der Waals surface area contributed by atoms with Crippen molar-refractivity contribution < 1.29 is 9.53 Å². The lowest BCUT2D eigenvalue weighted by molar-refractivity contribution is -0.117. The summed E-state index contributed by atoms with van der Waals surface area (Å²) in [6.45, 7) is 1.42. The summed E-state index contributed by atoms with van der Waals surface area (Å²) in [5.41, 5.74) is 8.00. The number of benzene rings is 1. The molecule has 0 atom stereocenters. The molecule has 0 saturated carbocycles. The van der Waals surface area contributed by atoms with Crippen LogP contribution in [0.1, 0.15) is 5.56 Å². The summed E-state index contributed by atoms with van der Waals surface area (Å²) in [5.74, 6) is 0.427. The van der Waals surface area contributed by atoms with Crippen molar-refractivity contribution in [2.75, 3.05) is 27.2 Å². The zero-order chi connectivity index (χ0) is 16.1. The van der Waals surface area contributed by atoms with Gasteiger partial charge in [-0.2, -0.15) is 5.10 Å². The Morgan fingerprint density at radius 1 is 1.36 bits per heavy atom. The molecule has 2 rings (SSSR count). The van der Waals surface area contributed by atoms with Gasteiger partial charge in [0.15, 0.2) is 0 Å². The maximum atomic E-state index is 11.1. The second-order valence-electron chi connectivity index (χ2n) is 5.47. The molecule has 0 aliphatic rings. The zero-order valence-electron chi connectivity index (χ0n) is 13.2. The Bertz CT molecular complexity index is 649. The molecule has 1 heterocycles. The SMILES string of the molecule is CN(C)CCOc1ccc(CC(N)=O)cc1-c1ccnn1C. The number of carbonyl (C=O) groups is 1. The first-order chi connectivity index (χ1) is 10.5. The summed E-state index contributed by atoms with van der Waals surface area (Å²) >= 11 is 0. The minimum absolute atomic E-state index is 0.211. The molecule has 2 aromatic rings. The topological polar surface area (TPSA) is 73.4 Å². The Morgan fingerprint density at radius 3 is 2.73 bits per heavy atom. The maximum Gasteiger partial charge on any atom is 0.221 e. The van der Waals surface area contributed by atoms with E-state index in [1.165, 1.54) is 0 Å². The summed E-state index contributed by atoms with van der Waals surface area (Å²) in [5, 5.41) is 4.19. The lowest BCUT2D eigenvalue weighted by atomic mass is 10.0. The summed E-state index contributed by atoms with van der Waals surface area (Å²) in [4.78, 5) is 13.2. The number of ether oxygens (including phenoxy) is 1. The smallest absolute Gasteiger partial charge is 0.221 e. The average molecular weight is 302 g/mol.